The summed E-state index contributed by atoms with van der Waals surface area (Å²) >= 11 is 2.69. The summed E-state index contributed by atoms with van der Waals surface area (Å²) in [5.41, 5.74) is 0.400. The monoisotopic (exact) mass is 430 g/mol. The maximum atomic E-state index is 11.9. The highest BCUT2D eigenvalue weighted by Crippen LogP contribution is 2.49. The molecule has 4 atom stereocenters. The molecule has 2 heterocycles. The normalized spacial score (nSPS) is 23.7. The van der Waals surface area contributed by atoms with Crippen LogP contribution in [0, 0.1) is 0 Å². The molecule has 28 heavy (non-hydrogen) atoms. The van der Waals surface area contributed by atoms with E-state index >= 15 is 0 Å². The van der Waals surface area contributed by atoms with Gasteiger partial charge in [0.1, 0.15) is 6.61 Å². The lowest BCUT2D eigenvalue weighted by Gasteiger charge is -2.24. The summed E-state index contributed by atoms with van der Waals surface area (Å²) in [6.45, 7) is 5.80. The number of thioether (sulfide) groups is 1. The van der Waals surface area contributed by atoms with E-state index in [1.54, 1.807) is 18.4 Å². The maximum absolute atomic E-state index is 11.9. The second-order valence-corrected chi connectivity index (χ2v) is 8.33. The van der Waals surface area contributed by atoms with E-state index in [2.05, 4.69) is 0 Å². The molecule has 2 rings (SSSR count). The molecule has 0 spiro atoms. The van der Waals surface area contributed by atoms with Crippen LogP contribution in [0.5, 0.6) is 0 Å². The van der Waals surface area contributed by atoms with Crippen molar-refractivity contribution in [2.45, 2.75) is 50.4 Å². The van der Waals surface area contributed by atoms with Gasteiger partial charge in [-0.25, -0.2) is 4.79 Å². The predicted octanol–water partition coefficient (Wildman–Crippen LogP) is 2.51. The number of hydrogen-bond acceptors (Lipinski definition) is 10. The maximum Gasteiger partial charge on any atom is 0.338 e. The summed E-state index contributed by atoms with van der Waals surface area (Å²) in [6, 6.07) is 1.68. The molecule has 0 aliphatic carbocycles. The molecule has 1 aromatic rings. The zero-order valence-corrected chi connectivity index (χ0v) is 17.6. The SMILES string of the molecule is CCOC(=O)c1csc([C@H]2S[C@H](COC(C)=O)[C@@H](OC(C)=O)[C@H]2OC(C)=O)c1. The topological polar surface area (TPSA) is 105 Å². The number of hydrogen-bond donors (Lipinski definition) is 0. The minimum Gasteiger partial charge on any atom is -0.465 e. The molecule has 1 aliphatic rings. The largest absolute Gasteiger partial charge is 0.465 e. The van der Waals surface area contributed by atoms with Crippen molar-refractivity contribution < 1.29 is 38.1 Å². The van der Waals surface area contributed by atoms with E-state index in [0.29, 0.717) is 5.56 Å². The van der Waals surface area contributed by atoms with Gasteiger partial charge in [0, 0.05) is 31.0 Å². The van der Waals surface area contributed by atoms with Gasteiger partial charge < -0.3 is 18.9 Å². The van der Waals surface area contributed by atoms with Gasteiger partial charge in [-0.2, -0.15) is 0 Å². The molecule has 0 bridgehead atoms. The second kappa shape index (κ2) is 9.92. The molecule has 1 fully saturated rings. The summed E-state index contributed by atoms with van der Waals surface area (Å²) in [7, 11) is 0. The van der Waals surface area contributed by atoms with Crippen molar-refractivity contribution in [3.8, 4) is 0 Å². The number of carbonyl (C=O) groups excluding carboxylic acids is 4. The standard InChI is InChI=1S/C18H22O8S2/c1-5-23-18(22)12-6-13(27-8-12)17-16(26-11(4)21)15(25-10(3)20)14(28-17)7-24-9(2)19/h6,8,14-17H,5,7H2,1-4H3/t14-,15-,16-,17-/m1/s1. The lowest BCUT2D eigenvalue weighted by Crippen LogP contribution is -2.39. The molecule has 8 nitrogen and oxygen atoms in total. The highest BCUT2D eigenvalue weighted by molar-refractivity contribution is 8.00. The van der Waals surface area contributed by atoms with Crippen LogP contribution in [0.3, 0.4) is 0 Å². The van der Waals surface area contributed by atoms with Crippen molar-refractivity contribution in [1.82, 2.24) is 0 Å². The van der Waals surface area contributed by atoms with Crippen LogP contribution in [-0.4, -0.2) is 54.5 Å². The molecule has 1 saturated heterocycles. The van der Waals surface area contributed by atoms with E-state index in [1.165, 1.54) is 43.9 Å². The Labute approximate surface area is 170 Å². The fourth-order valence-electron chi connectivity index (χ4n) is 2.77. The molecular formula is C18H22O8S2. The zero-order chi connectivity index (χ0) is 20.8. The van der Waals surface area contributed by atoms with E-state index in [-0.39, 0.29) is 18.5 Å². The molecule has 1 aliphatic heterocycles. The van der Waals surface area contributed by atoms with Crippen LogP contribution < -0.4 is 0 Å². The molecule has 0 unspecified atom stereocenters. The van der Waals surface area contributed by atoms with Crippen molar-refractivity contribution in [2.24, 2.45) is 0 Å². The Morgan fingerprint density at radius 1 is 0.964 bits per heavy atom. The Morgan fingerprint density at radius 2 is 1.61 bits per heavy atom. The van der Waals surface area contributed by atoms with Gasteiger partial charge in [0.25, 0.3) is 0 Å². The first-order valence-corrected chi connectivity index (χ1v) is 10.4. The molecule has 10 heteroatoms. The Morgan fingerprint density at radius 3 is 2.18 bits per heavy atom. The van der Waals surface area contributed by atoms with Gasteiger partial charge in [0.2, 0.25) is 0 Å². The molecule has 0 N–H and O–H groups in total. The van der Waals surface area contributed by atoms with E-state index < -0.39 is 41.3 Å². The smallest absolute Gasteiger partial charge is 0.338 e. The number of esters is 4. The van der Waals surface area contributed by atoms with E-state index in [4.69, 9.17) is 18.9 Å². The minimum atomic E-state index is -0.788. The third kappa shape index (κ3) is 5.71. The summed E-state index contributed by atoms with van der Waals surface area (Å²) in [5.74, 6) is -1.96. The van der Waals surface area contributed by atoms with Crippen LogP contribution >= 0.6 is 23.1 Å². The predicted molar refractivity (Wildman–Crippen MR) is 102 cm³/mol. The van der Waals surface area contributed by atoms with Gasteiger partial charge in [0.05, 0.1) is 22.7 Å². The van der Waals surface area contributed by atoms with Crippen LogP contribution in [0.25, 0.3) is 0 Å². The fourth-order valence-corrected chi connectivity index (χ4v) is 5.45. The highest BCUT2D eigenvalue weighted by atomic mass is 32.2. The number of ether oxygens (including phenoxy) is 4. The molecule has 0 radical (unpaired) electrons. The van der Waals surface area contributed by atoms with Gasteiger partial charge in [-0.1, -0.05) is 0 Å². The van der Waals surface area contributed by atoms with Gasteiger partial charge in [0.15, 0.2) is 12.2 Å². The van der Waals surface area contributed by atoms with Crippen LogP contribution in [-0.2, 0) is 33.3 Å². The second-order valence-electron chi connectivity index (χ2n) is 6.00. The van der Waals surface area contributed by atoms with Crippen LogP contribution in [0.2, 0.25) is 0 Å². The molecule has 0 aromatic carbocycles. The van der Waals surface area contributed by atoms with Crippen molar-refractivity contribution in [1.29, 1.82) is 0 Å². The highest BCUT2D eigenvalue weighted by Gasteiger charge is 2.50. The van der Waals surface area contributed by atoms with Crippen molar-refractivity contribution >= 4 is 47.0 Å². The number of carbonyl (C=O) groups is 4. The Hall–Kier alpha value is -2.07. The molecule has 0 saturated carbocycles. The third-order valence-electron chi connectivity index (χ3n) is 3.78. The molecule has 154 valence electrons. The van der Waals surface area contributed by atoms with Gasteiger partial charge >= 0.3 is 23.9 Å². The summed E-state index contributed by atoms with van der Waals surface area (Å²) in [4.78, 5) is 47.2. The molecular weight excluding hydrogens is 408 g/mol. The fraction of sp³-hybridized carbons (Fsp3) is 0.556. The lowest BCUT2D eigenvalue weighted by atomic mass is 10.1. The first-order chi connectivity index (χ1) is 13.2. The first kappa shape index (κ1) is 22.2. The average Bonchev–Trinajstić information content (AvgIpc) is 3.19. The Kier molecular flexibility index (Phi) is 7.88. The first-order valence-electron chi connectivity index (χ1n) is 8.61. The van der Waals surface area contributed by atoms with E-state index in [1.807, 2.05) is 0 Å². The molecule has 0 amide bonds. The van der Waals surface area contributed by atoms with E-state index in [0.717, 1.165) is 4.88 Å². The van der Waals surface area contributed by atoms with Crippen molar-refractivity contribution in [2.75, 3.05) is 13.2 Å². The van der Waals surface area contributed by atoms with Crippen LogP contribution in [0.1, 0.15) is 48.2 Å². The van der Waals surface area contributed by atoms with Crippen LogP contribution in [0.4, 0.5) is 0 Å². The summed E-state index contributed by atoms with van der Waals surface area (Å²) in [6.07, 6.45) is -1.57. The van der Waals surface area contributed by atoms with Crippen LogP contribution in [0.15, 0.2) is 11.4 Å². The number of thiophene rings is 1. The van der Waals surface area contributed by atoms with Gasteiger partial charge in [-0.15, -0.1) is 23.1 Å². The van der Waals surface area contributed by atoms with Crippen molar-refractivity contribution in [3.63, 3.8) is 0 Å². The minimum absolute atomic E-state index is 0.00230. The average molecular weight is 431 g/mol. The zero-order valence-electron chi connectivity index (χ0n) is 16.0. The van der Waals surface area contributed by atoms with E-state index in [9.17, 15) is 19.2 Å². The summed E-state index contributed by atoms with van der Waals surface area (Å²) < 4.78 is 21.0. The number of rotatable bonds is 7. The Balaban J connectivity index is 2.31. The van der Waals surface area contributed by atoms with Gasteiger partial charge in [-0.3, -0.25) is 14.4 Å². The van der Waals surface area contributed by atoms with Crippen molar-refractivity contribution in [3.05, 3.63) is 21.9 Å². The third-order valence-corrected chi connectivity index (χ3v) is 6.51. The van der Waals surface area contributed by atoms with Gasteiger partial charge in [-0.05, 0) is 13.0 Å². The lowest BCUT2D eigenvalue weighted by molar-refractivity contribution is -0.165. The quantitative estimate of drug-likeness (QED) is 0.476. The summed E-state index contributed by atoms with van der Waals surface area (Å²) in [5, 5.41) is 0.858. The molecule has 1 aromatic heterocycles. The Bertz CT molecular complexity index is 744.